The summed E-state index contributed by atoms with van der Waals surface area (Å²) in [5.74, 6) is -0.201. The van der Waals surface area contributed by atoms with Crippen molar-refractivity contribution in [1.82, 2.24) is 14.8 Å². The van der Waals surface area contributed by atoms with E-state index in [2.05, 4.69) is 15.4 Å². The molecule has 0 aliphatic carbocycles. The summed E-state index contributed by atoms with van der Waals surface area (Å²) in [5.41, 5.74) is 7.26. The Bertz CT molecular complexity index is 521. The molecular weight excluding hydrogens is 230 g/mol. The van der Waals surface area contributed by atoms with Gasteiger partial charge in [0.25, 0.3) is 0 Å². The van der Waals surface area contributed by atoms with Crippen LogP contribution < -0.4 is 11.1 Å². The topological polar surface area (TPSA) is 85.8 Å². The van der Waals surface area contributed by atoms with Crippen LogP contribution in [0.15, 0.2) is 36.9 Å². The maximum Gasteiger partial charge on any atom is 0.240 e. The van der Waals surface area contributed by atoms with Crippen LogP contribution in [0.4, 0.5) is 5.69 Å². The highest BCUT2D eigenvalue weighted by molar-refractivity contribution is 5.94. The summed E-state index contributed by atoms with van der Waals surface area (Å²) < 4.78 is 1.71. The van der Waals surface area contributed by atoms with Gasteiger partial charge in [0, 0.05) is 5.69 Å². The van der Waals surface area contributed by atoms with Gasteiger partial charge in [-0.15, -0.1) is 0 Å². The molecule has 0 aliphatic rings. The van der Waals surface area contributed by atoms with E-state index in [1.165, 1.54) is 6.33 Å². The molecule has 1 atom stereocenters. The number of nitrogens with one attached hydrogen (secondary N) is 1. The smallest absolute Gasteiger partial charge is 0.240 e. The van der Waals surface area contributed by atoms with E-state index in [1.54, 1.807) is 17.9 Å². The van der Waals surface area contributed by atoms with Gasteiger partial charge < -0.3 is 11.1 Å². The molecule has 0 bridgehead atoms. The van der Waals surface area contributed by atoms with Crippen molar-refractivity contribution in [3.63, 3.8) is 0 Å². The van der Waals surface area contributed by atoms with Crippen LogP contribution in [0.25, 0.3) is 0 Å². The van der Waals surface area contributed by atoms with E-state index in [4.69, 9.17) is 5.73 Å². The highest BCUT2D eigenvalue weighted by Gasteiger charge is 2.07. The lowest BCUT2D eigenvalue weighted by atomic mass is 10.2. The third-order valence-electron chi connectivity index (χ3n) is 2.42. The van der Waals surface area contributed by atoms with Crippen LogP contribution in [0, 0.1) is 0 Å². The molecule has 0 saturated carbocycles. The van der Waals surface area contributed by atoms with Gasteiger partial charge >= 0.3 is 0 Å². The maximum atomic E-state index is 11.5. The number of nitrogens with zero attached hydrogens (tertiary/aromatic N) is 3. The fourth-order valence-corrected chi connectivity index (χ4v) is 1.50. The van der Waals surface area contributed by atoms with Gasteiger partial charge in [0.1, 0.15) is 12.7 Å². The van der Waals surface area contributed by atoms with Crippen molar-refractivity contribution in [2.75, 3.05) is 5.32 Å². The third-order valence-corrected chi connectivity index (χ3v) is 2.42. The summed E-state index contributed by atoms with van der Waals surface area (Å²) in [7, 11) is 0. The van der Waals surface area contributed by atoms with Gasteiger partial charge in [-0.1, -0.05) is 12.1 Å². The van der Waals surface area contributed by atoms with Crippen LogP contribution in [-0.2, 0) is 11.3 Å². The molecule has 0 unspecified atom stereocenters. The summed E-state index contributed by atoms with van der Waals surface area (Å²) in [4.78, 5) is 15.4. The molecule has 6 nitrogen and oxygen atoms in total. The van der Waals surface area contributed by atoms with Crippen molar-refractivity contribution in [2.24, 2.45) is 5.73 Å². The van der Waals surface area contributed by atoms with Gasteiger partial charge in [-0.3, -0.25) is 4.79 Å². The average molecular weight is 245 g/mol. The number of amides is 1. The Morgan fingerprint density at radius 3 is 3.06 bits per heavy atom. The van der Waals surface area contributed by atoms with Gasteiger partial charge in [-0.2, -0.15) is 5.10 Å². The number of aromatic nitrogens is 3. The third kappa shape index (κ3) is 3.14. The Kier molecular flexibility index (Phi) is 3.69. The Morgan fingerprint density at radius 1 is 1.56 bits per heavy atom. The monoisotopic (exact) mass is 245 g/mol. The summed E-state index contributed by atoms with van der Waals surface area (Å²) in [5, 5.41) is 6.78. The van der Waals surface area contributed by atoms with E-state index in [-0.39, 0.29) is 5.91 Å². The van der Waals surface area contributed by atoms with Gasteiger partial charge in [-0.05, 0) is 24.6 Å². The van der Waals surface area contributed by atoms with Crippen molar-refractivity contribution < 1.29 is 4.79 Å². The zero-order valence-electron chi connectivity index (χ0n) is 10.1. The number of hydrogen-bond donors (Lipinski definition) is 2. The van der Waals surface area contributed by atoms with Crippen molar-refractivity contribution in [3.05, 3.63) is 42.5 Å². The quantitative estimate of drug-likeness (QED) is 0.826. The van der Waals surface area contributed by atoms with Crippen molar-refractivity contribution in [1.29, 1.82) is 0 Å². The fraction of sp³-hybridized carbons (Fsp3) is 0.250. The molecule has 94 valence electrons. The highest BCUT2D eigenvalue weighted by Crippen LogP contribution is 2.11. The second-order valence-corrected chi connectivity index (χ2v) is 4.07. The fourth-order valence-electron chi connectivity index (χ4n) is 1.50. The molecule has 18 heavy (non-hydrogen) atoms. The zero-order valence-corrected chi connectivity index (χ0v) is 10.1. The van der Waals surface area contributed by atoms with Crippen LogP contribution in [0.2, 0.25) is 0 Å². The van der Waals surface area contributed by atoms with Crippen LogP contribution >= 0.6 is 0 Å². The first-order valence-corrected chi connectivity index (χ1v) is 5.63. The second-order valence-electron chi connectivity index (χ2n) is 4.07. The molecule has 0 aliphatic heterocycles. The number of carbonyl (C=O) groups is 1. The van der Waals surface area contributed by atoms with Gasteiger partial charge in [-0.25, -0.2) is 9.67 Å². The van der Waals surface area contributed by atoms with Crippen LogP contribution in [-0.4, -0.2) is 26.7 Å². The molecule has 1 aromatic heterocycles. The summed E-state index contributed by atoms with van der Waals surface area (Å²) in [6.07, 6.45) is 3.13. The summed E-state index contributed by atoms with van der Waals surface area (Å²) in [6.45, 7) is 2.26. The first-order chi connectivity index (χ1) is 8.65. The van der Waals surface area contributed by atoms with Gasteiger partial charge in [0.05, 0.1) is 12.6 Å². The zero-order chi connectivity index (χ0) is 13.0. The Hall–Kier alpha value is -2.21. The normalized spacial score (nSPS) is 12.1. The van der Waals surface area contributed by atoms with E-state index in [0.29, 0.717) is 6.54 Å². The molecule has 0 spiro atoms. The van der Waals surface area contributed by atoms with Crippen molar-refractivity contribution >= 4 is 11.6 Å². The highest BCUT2D eigenvalue weighted by atomic mass is 16.2. The average Bonchev–Trinajstić information content (AvgIpc) is 2.82. The summed E-state index contributed by atoms with van der Waals surface area (Å²) >= 11 is 0. The lowest BCUT2D eigenvalue weighted by molar-refractivity contribution is -0.117. The molecule has 0 saturated heterocycles. The van der Waals surface area contributed by atoms with Gasteiger partial charge in [0.15, 0.2) is 0 Å². The van der Waals surface area contributed by atoms with Crippen molar-refractivity contribution in [2.45, 2.75) is 19.5 Å². The van der Waals surface area contributed by atoms with Crippen LogP contribution in [0.1, 0.15) is 12.5 Å². The molecule has 3 N–H and O–H groups in total. The van der Waals surface area contributed by atoms with E-state index in [1.807, 2.05) is 24.3 Å². The lowest BCUT2D eigenvalue weighted by Crippen LogP contribution is -2.32. The number of rotatable bonds is 4. The lowest BCUT2D eigenvalue weighted by Gasteiger charge is -2.09. The minimum Gasteiger partial charge on any atom is -0.325 e. The standard InChI is InChI=1S/C12H15N5O/c1-9(13)12(18)16-11-4-2-3-10(5-11)6-17-8-14-7-15-17/h2-5,7-9H,6,13H2,1H3,(H,16,18)/t9-/m1/s1. The van der Waals surface area contributed by atoms with E-state index in [9.17, 15) is 4.79 Å². The Labute approximate surface area is 105 Å². The number of benzene rings is 1. The summed E-state index contributed by atoms with van der Waals surface area (Å²) in [6, 6.07) is 7.03. The van der Waals surface area contributed by atoms with E-state index in [0.717, 1.165) is 11.3 Å². The molecular formula is C12H15N5O. The predicted molar refractivity (Wildman–Crippen MR) is 67.8 cm³/mol. The Morgan fingerprint density at radius 2 is 2.39 bits per heavy atom. The molecule has 1 heterocycles. The number of carbonyl (C=O) groups excluding carboxylic acids is 1. The van der Waals surface area contributed by atoms with Gasteiger partial charge in [0.2, 0.25) is 5.91 Å². The molecule has 0 fully saturated rings. The Balaban J connectivity index is 2.08. The van der Waals surface area contributed by atoms with Crippen molar-refractivity contribution in [3.8, 4) is 0 Å². The molecule has 1 amide bonds. The molecule has 6 heteroatoms. The van der Waals surface area contributed by atoms with E-state index >= 15 is 0 Å². The minimum absolute atomic E-state index is 0.201. The SMILES string of the molecule is C[C@@H](N)C(=O)Nc1cccc(Cn2cncn2)c1. The number of anilines is 1. The molecule has 2 aromatic rings. The minimum atomic E-state index is -0.524. The first kappa shape index (κ1) is 12.3. The van der Waals surface area contributed by atoms with Crippen LogP contribution in [0.3, 0.4) is 0 Å². The number of hydrogen-bond acceptors (Lipinski definition) is 4. The second kappa shape index (κ2) is 5.42. The molecule has 1 aromatic carbocycles. The largest absolute Gasteiger partial charge is 0.325 e. The first-order valence-electron chi connectivity index (χ1n) is 5.63. The number of nitrogens with two attached hydrogens (primary N) is 1. The molecule has 2 rings (SSSR count). The predicted octanol–water partition coefficient (Wildman–Crippen LogP) is 0.612. The van der Waals surface area contributed by atoms with Crippen LogP contribution in [0.5, 0.6) is 0 Å². The van der Waals surface area contributed by atoms with E-state index < -0.39 is 6.04 Å². The maximum absolute atomic E-state index is 11.5. The molecule has 0 radical (unpaired) electrons.